The number of aliphatic hydroxyl groups excluding tert-OH is 2. The lowest BCUT2D eigenvalue weighted by Crippen LogP contribution is -2.49. The molecule has 6 nitrogen and oxygen atoms in total. The first-order valence-electron chi connectivity index (χ1n) is 4.54. The van der Waals surface area contributed by atoms with Crippen LogP contribution in [0.4, 0.5) is 0 Å². The topological polar surface area (TPSA) is 107 Å². The van der Waals surface area contributed by atoms with E-state index < -0.39 is 29.4 Å². The molecule has 0 aliphatic carbocycles. The van der Waals surface area contributed by atoms with Gasteiger partial charge in [0.2, 0.25) is 5.91 Å². The molecule has 0 aromatic carbocycles. The lowest BCUT2D eigenvalue weighted by atomic mass is 9.87. The van der Waals surface area contributed by atoms with Crippen LogP contribution in [0.25, 0.3) is 0 Å². The summed E-state index contributed by atoms with van der Waals surface area (Å²) in [5.41, 5.74) is -0.998. The number of carboxylic acid groups (broad SMARTS) is 1. The summed E-state index contributed by atoms with van der Waals surface area (Å²) in [7, 11) is 0. The van der Waals surface area contributed by atoms with E-state index in [9.17, 15) is 14.7 Å². The number of hydrogen-bond acceptors (Lipinski definition) is 4. The molecule has 0 fully saturated rings. The normalized spacial score (nSPS) is 15.5. The Bertz CT molecular complexity index is 251. The summed E-state index contributed by atoms with van der Waals surface area (Å²) in [5, 5.41) is 29.1. The van der Waals surface area contributed by atoms with Crippen molar-refractivity contribution in [2.24, 2.45) is 5.41 Å². The average Bonchev–Trinajstić information content (AvgIpc) is 2.16. The second-order valence-corrected chi connectivity index (χ2v) is 4.12. The van der Waals surface area contributed by atoms with Crippen LogP contribution in [0.5, 0.6) is 0 Å². The molecule has 6 heteroatoms. The highest BCUT2D eigenvalue weighted by Crippen LogP contribution is 2.19. The summed E-state index contributed by atoms with van der Waals surface area (Å²) in [6.45, 7) is 3.92. The number of carbonyl (C=O) groups is 2. The van der Waals surface area contributed by atoms with Crippen LogP contribution in [-0.2, 0) is 9.59 Å². The van der Waals surface area contributed by atoms with E-state index in [1.807, 2.05) is 0 Å². The van der Waals surface area contributed by atoms with Crippen molar-refractivity contribution >= 4 is 11.9 Å². The van der Waals surface area contributed by atoms with Crippen LogP contribution in [0.3, 0.4) is 0 Å². The van der Waals surface area contributed by atoms with Crippen LogP contribution in [0.2, 0.25) is 0 Å². The zero-order valence-electron chi connectivity index (χ0n) is 9.02. The summed E-state index contributed by atoms with van der Waals surface area (Å²) in [5.74, 6) is -1.98. The number of aliphatic hydroxyl groups is 2. The smallest absolute Gasteiger partial charge is 0.325 e. The molecule has 0 aliphatic rings. The summed E-state index contributed by atoms with van der Waals surface area (Å²) in [4.78, 5) is 21.8. The zero-order chi connectivity index (χ0) is 12.2. The summed E-state index contributed by atoms with van der Waals surface area (Å²) in [6.07, 6.45) is -1.44. The third-order valence-corrected chi connectivity index (χ3v) is 2.13. The van der Waals surface area contributed by atoms with Crippen molar-refractivity contribution in [2.75, 3.05) is 6.61 Å². The van der Waals surface area contributed by atoms with Gasteiger partial charge in [0.15, 0.2) is 0 Å². The number of hydrogen-bond donors (Lipinski definition) is 4. The fourth-order valence-electron chi connectivity index (χ4n) is 0.795. The molecule has 0 heterocycles. The second-order valence-electron chi connectivity index (χ2n) is 4.12. The van der Waals surface area contributed by atoms with Crippen molar-refractivity contribution in [1.29, 1.82) is 0 Å². The van der Waals surface area contributed by atoms with Crippen LogP contribution >= 0.6 is 0 Å². The number of aliphatic carboxylic acids is 1. The number of rotatable bonds is 5. The van der Waals surface area contributed by atoms with Crippen LogP contribution in [0.1, 0.15) is 20.8 Å². The Morgan fingerprint density at radius 1 is 1.40 bits per heavy atom. The summed E-state index contributed by atoms with van der Waals surface area (Å²) in [6, 6.07) is -1.07. The Morgan fingerprint density at radius 2 is 1.87 bits per heavy atom. The monoisotopic (exact) mass is 219 g/mol. The third kappa shape index (κ3) is 3.85. The minimum absolute atomic E-state index is 0.372. The van der Waals surface area contributed by atoms with E-state index in [2.05, 4.69) is 5.32 Å². The molecule has 0 spiro atoms. The molecule has 0 aliphatic heterocycles. The largest absolute Gasteiger partial charge is 0.480 e. The molecule has 0 rings (SSSR count). The minimum atomic E-state index is -1.44. The van der Waals surface area contributed by atoms with Crippen LogP contribution < -0.4 is 5.32 Å². The maximum absolute atomic E-state index is 11.3. The van der Waals surface area contributed by atoms with Gasteiger partial charge in [-0.15, -0.1) is 0 Å². The molecule has 4 N–H and O–H groups in total. The Kier molecular flexibility index (Phi) is 4.70. The number of amides is 1. The first-order chi connectivity index (χ1) is 6.72. The fourth-order valence-corrected chi connectivity index (χ4v) is 0.795. The third-order valence-electron chi connectivity index (χ3n) is 2.13. The quantitative estimate of drug-likeness (QED) is 0.472. The van der Waals surface area contributed by atoms with Gasteiger partial charge in [0.1, 0.15) is 12.1 Å². The van der Waals surface area contributed by atoms with Gasteiger partial charge in [-0.2, -0.15) is 0 Å². The van der Waals surface area contributed by atoms with Gasteiger partial charge in [0, 0.05) is 5.41 Å². The first kappa shape index (κ1) is 13.9. The molecule has 88 valence electrons. The van der Waals surface area contributed by atoms with Crippen LogP contribution in [0, 0.1) is 5.41 Å². The molecule has 0 saturated heterocycles. The van der Waals surface area contributed by atoms with E-state index >= 15 is 0 Å². The van der Waals surface area contributed by atoms with Crippen molar-refractivity contribution in [3.63, 3.8) is 0 Å². The molecular weight excluding hydrogens is 202 g/mol. The van der Waals surface area contributed by atoms with Gasteiger partial charge in [-0.1, -0.05) is 13.8 Å². The van der Waals surface area contributed by atoms with Crippen molar-refractivity contribution in [3.8, 4) is 0 Å². The SMILES string of the molecule is CC(NC(=O)C(O)C(C)(C)CO)C(=O)O. The minimum Gasteiger partial charge on any atom is -0.480 e. The summed E-state index contributed by atoms with van der Waals surface area (Å²) >= 11 is 0. The molecular formula is C9H17NO5. The molecule has 15 heavy (non-hydrogen) atoms. The highest BCUT2D eigenvalue weighted by molar-refractivity contribution is 5.86. The molecule has 1 amide bonds. The van der Waals surface area contributed by atoms with Crippen molar-refractivity contribution in [3.05, 3.63) is 0 Å². The first-order valence-corrected chi connectivity index (χ1v) is 4.54. The lowest BCUT2D eigenvalue weighted by molar-refractivity contribution is -0.145. The van der Waals surface area contributed by atoms with E-state index in [-0.39, 0.29) is 6.61 Å². The average molecular weight is 219 g/mol. The van der Waals surface area contributed by atoms with Gasteiger partial charge < -0.3 is 20.6 Å². The fraction of sp³-hybridized carbons (Fsp3) is 0.778. The molecule has 0 bridgehead atoms. The predicted octanol–water partition coefficient (Wildman–Crippen LogP) is -1.04. The summed E-state index contributed by atoms with van der Waals surface area (Å²) < 4.78 is 0. The predicted molar refractivity (Wildman–Crippen MR) is 52.1 cm³/mol. The second kappa shape index (κ2) is 5.09. The van der Waals surface area contributed by atoms with E-state index in [0.717, 1.165) is 0 Å². The van der Waals surface area contributed by atoms with Crippen molar-refractivity contribution < 1.29 is 24.9 Å². The maximum Gasteiger partial charge on any atom is 0.325 e. The van der Waals surface area contributed by atoms with Gasteiger partial charge in [-0.05, 0) is 6.92 Å². The van der Waals surface area contributed by atoms with Crippen molar-refractivity contribution in [2.45, 2.75) is 32.9 Å². The van der Waals surface area contributed by atoms with Gasteiger partial charge >= 0.3 is 5.97 Å². The van der Waals surface area contributed by atoms with E-state index in [1.54, 1.807) is 0 Å². The standard InChI is InChI=1S/C9H17NO5/c1-5(8(14)15)10-7(13)6(12)9(2,3)4-11/h5-6,11-12H,4H2,1-3H3,(H,10,13)(H,14,15). The molecule has 2 unspecified atom stereocenters. The number of nitrogens with one attached hydrogen (secondary N) is 1. The van der Waals surface area contributed by atoms with Gasteiger partial charge in [0.25, 0.3) is 0 Å². The molecule has 0 radical (unpaired) electrons. The highest BCUT2D eigenvalue weighted by Gasteiger charge is 2.34. The van der Waals surface area contributed by atoms with Gasteiger partial charge in [-0.25, -0.2) is 0 Å². The van der Waals surface area contributed by atoms with E-state index in [1.165, 1.54) is 20.8 Å². The lowest BCUT2D eigenvalue weighted by Gasteiger charge is -2.27. The Balaban J connectivity index is 4.40. The van der Waals surface area contributed by atoms with Crippen LogP contribution in [0.15, 0.2) is 0 Å². The molecule has 2 atom stereocenters. The van der Waals surface area contributed by atoms with E-state index in [4.69, 9.17) is 10.2 Å². The van der Waals surface area contributed by atoms with E-state index in [0.29, 0.717) is 0 Å². The van der Waals surface area contributed by atoms with Crippen molar-refractivity contribution in [1.82, 2.24) is 5.32 Å². The van der Waals surface area contributed by atoms with Crippen LogP contribution in [-0.4, -0.2) is 45.9 Å². The zero-order valence-corrected chi connectivity index (χ0v) is 9.02. The molecule has 0 aromatic rings. The maximum atomic E-state index is 11.3. The Labute approximate surface area is 87.9 Å². The highest BCUT2D eigenvalue weighted by atomic mass is 16.4. The van der Waals surface area contributed by atoms with Gasteiger partial charge in [-0.3, -0.25) is 9.59 Å². The molecule has 0 saturated carbocycles. The Hall–Kier alpha value is -1.14. The molecule has 0 aromatic heterocycles. The Morgan fingerprint density at radius 3 is 2.20 bits per heavy atom. The number of carbonyl (C=O) groups excluding carboxylic acids is 1. The number of carboxylic acids is 1. The van der Waals surface area contributed by atoms with Gasteiger partial charge in [0.05, 0.1) is 6.61 Å².